The number of fused-ring (bicyclic) bond motifs is 1. The Morgan fingerprint density at radius 2 is 2.31 bits per heavy atom. The van der Waals surface area contributed by atoms with E-state index < -0.39 is 0 Å². The van der Waals surface area contributed by atoms with Gasteiger partial charge in [-0.15, -0.1) is 35.7 Å². The topological polar surface area (TPSA) is 0 Å². The molecule has 0 unspecified atom stereocenters. The van der Waals surface area contributed by atoms with Gasteiger partial charge in [-0.05, 0) is 46.4 Å². The van der Waals surface area contributed by atoms with Crippen LogP contribution in [-0.2, 0) is 0 Å². The van der Waals surface area contributed by atoms with Crippen molar-refractivity contribution < 1.29 is 0 Å². The molecule has 2 aromatic rings. The number of thioether (sulfide) groups is 1. The van der Waals surface area contributed by atoms with Crippen LogP contribution in [-0.4, -0.2) is 6.26 Å². The molecule has 0 radical (unpaired) electrons. The molecule has 13 heavy (non-hydrogen) atoms. The molecule has 0 nitrogen and oxygen atoms in total. The maximum Gasteiger partial charge on any atom is 0.0365 e. The Kier molecular flexibility index (Phi) is 3.12. The summed E-state index contributed by atoms with van der Waals surface area (Å²) in [6, 6.07) is 4.37. The number of hydrogen-bond donors (Lipinski definition) is 1. The van der Waals surface area contributed by atoms with Crippen LogP contribution in [0.5, 0.6) is 0 Å². The van der Waals surface area contributed by atoms with Crippen molar-refractivity contribution in [3.63, 3.8) is 0 Å². The van der Waals surface area contributed by atoms with Gasteiger partial charge in [0.2, 0.25) is 0 Å². The third kappa shape index (κ3) is 1.73. The zero-order valence-electron chi connectivity index (χ0n) is 6.87. The van der Waals surface area contributed by atoms with Crippen LogP contribution in [0.2, 0.25) is 0 Å². The minimum absolute atomic E-state index is 1.11. The summed E-state index contributed by atoms with van der Waals surface area (Å²) < 4.78 is 2.59. The normalized spacial score (nSPS) is 11.0. The maximum atomic E-state index is 4.52. The molecule has 0 amide bonds. The number of thiol groups is 1. The number of halogens is 1. The molecule has 68 valence electrons. The predicted octanol–water partition coefficient (Wildman–Crippen LogP) is 4.52. The Labute approximate surface area is 105 Å². The van der Waals surface area contributed by atoms with E-state index >= 15 is 0 Å². The van der Waals surface area contributed by atoms with Gasteiger partial charge in [0.15, 0.2) is 0 Å². The molecule has 2 rings (SSSR count). The lowest BCUT2D eigenvalue weighted by atomic mass is 10.3. The second-order valence-electron chi connectivity index (χ2n) is 2.57. The Balaban J connectivity index is 2.87. The molecular weight excluding hydrogens is 331 g/mol. The Bertz CT molecular complexity index is 447. The first-order valence-electron chi connectivity index (χ1n) is 3.66. The van der Waals surface area contributed by atoms with E-state index in [9.17, 15) is 0 Å². The smallest absolute Gasteiger partial charge is 0.0365 e. The molecule has 0 N–H and O–H groups in total. The molecule has 1 aromatic carbocycles. The van der Waals surface area contributed by atoms with Gasteiger partial charge >= 0.3 is 0 Å². The summed E-state index contributed by atoms with van der Waals surface area (Å²) in [5.74, 6) is 0. The highest BCUT2D eigenvalue weighted by Gasteiger charge is 2.08. The van der Waals surface area contributed by atoms with E-state index in [4.69, 9.17) is 0 Å². The zero-order valence-corrected chi connectivity index (χ0v) is 11.6. The third-order valence-corrected chi connectivity index (χ3v) is 5.43. The second-order valence-corrected chi connectivity index (χ2v) is 5.95. The molecule has 0 atom stereocenters. The van der Waals surface area contributed by atoms with Crippen molar-refractivity contribution in [1.82, 2.24) is 0 Å². The SMILES string of the molecule is CSc1c(S)c(I)cc2sccc12. The second kappa shape index (κ2) is 4.00. The van der Waals surface area contributed by atoms with Crippen LogP contribution < -0.4 is 0 Å². The summed E-state index contributed by atoms with van der Waals surface area (Å²) >= 11 is 10.4. The summed E-state index contributed by atoms with van der Waals surface area (Å²) in [6.07, 6.45) is 2.10. The van der Waals surface area contributed by atoms with Crippen LogP contribution in [0.3, 0.4) is 0 Å². The molecule has 0 aliphatic heterocycles. The van der Waals surface area contributed by atoms with E-state index in [-0.39, 0.29) is 0 Å². The highest BCUT2D eigenvalue weighted by molar-refractivity contribution is 14.1. The van der Waals surface area contributed by atoms with Crippen LogP contribution >= 0.6 is 58.3 Å². The van der Waals surface area contributed by atoms with E-state index in [1.54, 1.807) is 23.1 Å². The molecule has 0 spiro atoms. The van der Waals surface area contributed by atoms with Gasteiger partial charge < -0.3 is 0 Å². The first-order valence-corrected chi connectivity index (χ1v) is 7.29. The van der Waals surface area contributed by atoms with E-state index in [2.05, 4.69) is 59.0 Å². The van der Waals surface area contributed by atoms with Crippen LogP contribution in [0, 0.1) is 3.57 Å². The minimum atomic E-state index is 1.11. The van der Waals surface area contributed by atoms with E-state index in [0.717, 1.165) is 4.90 Å². The standard InChI is InChI=1S/C9H7IS3/c1-12-9-5-2-3-13-7(5)4-6(10)8(9)11/h2-4,11H,1H3. The lowest BCUT2D eigenvalue weighted by Crippen LogP contribution is -1.80. The first kappa shape index (κ1) is 10.1. The Morgan fingerprint density at radius 1 is 1.54 bits per heavy atom. The Hall–Kier alpha value is 0.610. The fraction of sp³-hybridized carbons (Fsp3) is 0.111. The third-order valence-electron chi connectivity index (χ3n) is 1.84. The number of benzene rings is 1. The van der Waals surface area contributed by atoms with Gasteiger partial charge in [0, 0.05) is 23.4 Å². The average Bonchev–Trinajstić information content (AvgIpc) is 2.54. The largest absolute Gasteiger partial charge is 0.144 e. The van der Waals surface area contributed by atoms with Crippen LogP contribution in [0.1, 0.15) is 0 Å². The zero-order chi connectivity index (χ0) is 9.42. The summed E-state index contributed by atoms with van der Waals surface area (Å²) in [7, 11) is 0. The van der Waals surface area contributed by atoms with Crippen molar-refractivity contribution >= 4 is 68.4 Å². The van der Waals surface area contributed by atoms with Gasteiger partial charge in [-0.2, -0.15) is 0 Å². The first-order chi connectivity index (χ1) is 6.24. The van der Waals surface area contributed by atoms with E-state index in [1.807, 2.05) is 0 Å². The molecule has 0 saturated heterocycles. The molecule has 0 bridgehead atoms. The summed E-state index contributed by atoms with van der Waals surface area (Å²) in [4.78, 5) is 2.41. The van der Waals surface area contributed by atoms with Gasteiger partial charge in [-0.1, -0.05) is 0 Å². The highest BCUT2D eigenvalue weighted by Crippen LogP contribution is 2.37. The lowest BCUT2D eigenvalue weighted by Gasteiger charge is -2.05. The minimum Gasteiger partial charge on any atom is -0.144 e. The van der Waals surface area contributed by atoms with Crippen molar-refractivity contribution in [2.75, 3.05) is 6.26 Å². The fourth-order valence-corrected chi connectivity index (χ4v) is 4.28. The van der Waals surface area contributed by atoms with Gasteiger partial charge in [0.25, 0.3) is 0 Å². The number of hydrogen-bond acceptors (Lipinski definition) is 3. The molecule has 0 aliphatic carbocycles. The van der Waals surface area contributed by atoms with Crippen LogP contribution in [0.25, 0.3) is 10.1 Å². The summed E-state index contributed by atoms with van der Waals surface area (Å²) in [6.45, 7) is 0. The molecule has 1 aromatic heterocycles. The number of thiophene rings is 1. The quantitative estimate of drug-likeness (QED) is 0.453. The summed E-state index contributed by atoms with van der Waals surface area (Å²) in [5.41, 5.74) is 0. The summed E-state index contributed by atoms with van der Waals surface area (Å²) in [5, 5.41) is 3.47. The van der Waals surface area contributed by atoms with Crippen molar-refractivity contribution in [2.45, 2.75) is 9.79 Å². The van der Waals surface area contributed by atoms with Gasteiger partial charge in [-0.3, -0.25) is 0 Å². The van der Waals surface area contributed by atoms with Gasteiger partial charge in [0.05, 0.1) is 0 Å². The van der Waals surface area contributed by atoms with Gasteiger partial charge in [-0.25, -0.2) is 0 Å². The maximum absolute atomic E-state index is 4.52. The molecule has 0 saturated carbocycles. The molecule has 0 fully saturated rings. The van der Waals surface area contributed by atoms with Crippen LogP contribution in [0.4, 0.5) is 0 Å². The predicted molar refractivity (Wildman–Crippen MR) is 73.6 cm³/mol. The van der Waals surface area contributed by atoms with E-state index in [0.29, 0.717) is 0 Å². The fourth-order valence-electron chi connectivity index (χ4n) is 1.25. The van der Waals surface area contributed by atoms with Gasteiger partial charge in [0.1, 0.15) is 0 Å². The van der Waals surface area contributed by atoms with Crippen molar-refractivity contribution in [3.05, 3.63) is 21.1 Å². The van der Waals surface area contributed by atoms with E-state index in [1.165, 1.54) is 18.6 Å². The van der Waals surface area contributed by atoms with Crippen LogP contribution in [0.15, 0.2) is 27.3 Å². The van der Waals surface area contributed by atoms with Crippen molar-refractivity contribution in [1.29, 1.82) is 0 Å². The molecule has 0 aliphatic rings. The molecule has 4 heteroatoms. The monoisotopic (exact) mass is 338 g/mol. The molecule has 1 heterocycles. The molecular formula is C9H7IS3. The highest BCUT2D eigenvalue weighted by atomic mass is 127. The van der Waals surface area contributed by atoms with Crippen molar-refractivity contribution in [2.24, 2.45) is 0 Å². The lowest BCUT2D eigenvalue weighted by molar-refractivity contribution is 1.28. The van der Waals surface area contributed by atoms with Crippen molar-refractivity contribution in [3.8, 4) is 0 Å². The number of rotatable bonds is 1. The average molecular weight is 338 g/mol. The Morgan fingerprint density at radius 3 is 3.00 bits per heavy atom.